The molecule has 3 amide bonds. The Bertz CT molecular complexity index is 1340. The Morgan fingerprint density at radius 1 is 1.02 bits per heavy atom. The Kier molecular flexibility index (Phi) is 8.17. The van der Waals surface area contributed by atoms with Crippen LogP contribution in [0.5, 0.6) is 0 Å². The number of carbonyl (C=O) groups excluding carboxylic acids is 3. The molecule has 5 rings (SSSR count). The molecule has 2 aromatic carbocycles. The second-order valence-corrected chi connectivity index (χ2v) is 12.9. The largest absolute Gasteiger partial charge is 0.395 e. The van der Waals surface area contributed by atoms with Gasteiger partial charge >= 0.3 is 0 Å². The average molecular weight is 574 g/mol. The highest BCUT2D eigenvalue weighted by atomic mass is 32.2. The first-order valence-electron chi connectivity index (χ1n) is 14.3. The summed E-state index contributed by atoms with van der Waals surface area (Å²) in [6, 6.07) is 14.6. The maximum Gasteiger partial charge on any atom is 0.251 e. The highest BCUT2D eigenvalue weighted by Crippen LogP contribution is 2.69. The van der Waals surface area contributed by atoms with Crippen LogP contribution in [0.4, 0.5) is 11.4 Å². The fourth-order valence-corrected chi connectivity index (χ4v) is 9.88. The standard InChI is InChI=1S/C33H39N3O4S/c1-6-16-34(24-14-9-8-10-15-24)30(38)26-25-20-23(5)33(41-25)27(26)31(39)36(18-19-37)29(33)32(40)35(17-7-2)28-21(3)12-11-13-22(28)4/h6-15,23,25-27,29,37H,1-2,16-20H2,3-5H3/t23?,25-,26+,27-,29?,33?/m0/s1. The van der Waals surface area contributed by atoms with E-state index in [9.17, 15) is 19.5 Å². The fraction of sp³-hybridized carbons (Fsp3) is 0.424. The Hall–Kier alpha value is -3.36. The number of thioether (sulfide) groups is 1. The molecule has 7 nitrogen and oxygen atoms in total. The van der Waals surface area contributed by atoms with Gasteiger partial charge in [-0.2, -0.15) is 0 Å². The minimum absolute atomic E-state index is 0.0290. The van der Waals surface area contributed by atoms with E-state index >= 15 is 0 Å². The molecule has 2 aromatic rings. The van der Waals surface area contributed by atoms with Gasteiger partial charge in [-0.15, -0.1) is 24.9 Å². The van der Waals surface area contributed by atoms with E-state index in [1.807, 2.05) is 62.4 Å². The van der Waals surface area contributed by atoms with E-state index in [0.717, 1.165) is 28.9 Å². The summed E-state index contributed by atoms with van der Waals surface area (Å²) in [5.41, 5.74) is 3.48. The number of fused-ring (bicyclic) bond motifs is 1. The normalized spacial score (nSPS) is 28.0. The number of aliphatic hydroxyl groups is 1. The Balaban J connectivity index is 1.60. The molecule has 0 saturated carbocycles. The number of nitrogens with zero attached hydrogens (tertiary/aromatic N) is 3. The SMILES string of the molecule is C=CCN(C(=O)[C@@H]1[C@@H]2CC(C)C3(S2)C(C(=O)N(CC=C)c2c(C)cccc2C)N(CCO)C(=O)[C@H]13)c1ccccc1. The lowest BCUT2D eigenvalue weighted by Gasteiger charge is -2.41. The lowest BCUT2D eigenvalue weighted by atomic mass is 9.65. The lowest BCUT2D eigenvalue weighted by Crippen LogP contribution is -2.58. The molecule has 216 valence electrons. The van der Waals surface area contributed by atoms with Crippen LogP contribution in [0, 0.1) is 31.6 Å². The summed E-state index contributed by atoms with van der Waals surface area (Å²) in [6.07, 6.45) is 4.14. The molecule has 1 spiro atoms. The van der Waals surface area contributed by atoms with E-state index in [0.29, 0.717) is 6.54 Å². The Labute approximate surface area is 246 Å². The maximum atomic E-state index is 14.8. The average Bonchev–Trinajstić information content (AvgIpc) is 3.55. The third-order valence-electron chi connectivity index (χ3n) is 9.04. The Morgan fingerprint density at radius 3 is 2.27 bits per heavy atom. The molecule has 3 unspecified atom stereocenters. The van der Waals surface area contributed by atoms with Crippen LogP contribution in [0.25, 0.3) is 0 Å². The van der Waals surface area contributed by atoms with Crippen LogP contribution in [-0.2, 0) is 14.4 Å². The van der Waals surface area contributed by atoms with E-state index in [4.69, 9.17) is 0 Å². The monoisotopic (exact) mass is 573 g/mol. The number of likely N-dealkylation sites (tertiary alicyclic amines) is 1. The number of anilines is 2. The molecule has 6 atom stereocenters. The molecule has 1 N–H and O–H groups in total. The van der Waals surface area contributed by atoms with Gasteiger partial charge in [0.05, 0.1) is 23.2 Å². The number of aryl methyl sites for hydroxylation is 2. The summed E-state index contributed by atoms with van der Waals surface area (Å²) in [5.74, 6) is -1.73. The topological polar surface area (TPSA) is 81.2 Å². The van der Waals surface area contributed by atoms with Gasteiger partial charge in [-0.3, -0.25) is 14.4 Å². The molecule has 8 heteroatoms. The van der Waals surface area contributed by atoms with Crippen molar-refractivity contribution in [3.8, 4) is 0 Å². The van der Waals surface area contributed by atoms with Crippen LogP contribution in [0.1, 0.15) is 24.5 Å². The number of benzene rings is 2. The zero-order valence-corrected chi connectivity index (χ0v) is 24.8. The highest BCUT2D eigenvalue weighted by molar-refractivity contribution is 8.02. The molecule has 3 aliphatic heterocycles. The van der Waals surface area contributed by atoms with Crippen molar-refractivity contribution in [2.24, 2.45) is 17.8 Å². The molecular weight excluding hydrogens is 534 g/mol. The van der Waals surface area contributed by atoms with Gasteiger partial charge < -0.3 is 19.8 Å². The first kappa shape index (κ1) is 29.1. The van der Waals surface area contributed by atoms with Gasteiger partial charge in [-0.05, 0) is 49.4 Å². The van der Waals surface area contributed by atoms with Crippen molar-refractivity contribution in [1.29, 1.82) is 0 Å². The Morgan fingerprint density at radius 2 is 1.66 bits per heavy atom. The summed E-state index contributed by atoms with van der Waals surface area (Å²) in [5, 5.41) is 9.96. The van der Waals surface area contributed by atoms with Crippen LogP contribution < -0.4 is 9.80 Å². The first-order chi connectivity index (χ1) is 19.7. The van der Waals surface area contributed by atoms with E-state index in [2.05, 4.69) is 20.1 Å². The van der Waals surface area contributed by atoms with Crippen molar-refractivity contribution in [3.05, 3.63) is 85.0 Å². The van der Waals surface area contributed by atoms with E-state index in [-0.39, 0.29) is 48.6 Å². The van der Waals surface area contributed by atoms with Gasteiger partial charge in [0.25, 0.3) is 5.91 Å². The van der Waals surface area contributed by atoms with Crippen molar-refractivity contribution >= 4 is 40.9 Å². The molecular formula is C33H39N3O4S. The van der Waals surface area contributed by atoms with Gasteiger partial charge in [0.1, 0.15) is 6.04 Å². The predicted molar refractivity (Wildman–Crippen MR) is 165 cm³/mol. The predicted octanol–water partition coefficient (Wildman–Crippen LogP) is 4.37. The summed E-state index contributed by atoms with van der Waals surface area (Å²) < 4.78 is -0.777. The molecule has 0 aromatic heterocycles. The lowest BCUT2D eigenvalue weighted by molar-refractivity contribution is -0.139. The van der Waals surface area contributed by atoms with E-state index in [1.165, 1.54) is 0 Å². The van der Waals surface area contributed by atoms with Crippen molar-refractivity contribution in [2.75, 3.05) is 36.0 Å². The summed E-state index contributed by atoms with van der Waals surface area (Å²) in [7, 11) is 0. The zero-order valence-electron chi connectivity index (χ0n) is 24.0. The molecule has 3 heterocycles. The van der Waals surface area contributed by atoms with Crippen LogP contribution in [0.3, 0.4) is 0 Å². The number of amides is 3. The van der Waals surface area contributed by atoms with Gasteiger partial charge in [-0.25, -0.2) is 0 Å². The molecule has 41 heavy (non-hydrogen) atoms. The number of β-amino-alcohol motifs (C(OH)–C–C–N with tert-alkyl or cyclic N) is 1. The van der Waals surface area contributed by atoms with Crippen LogP contribution in [0.15, 0.2) is 73.8 Å². The van der Waals surface area contributed by atoms with Gasteiger partial charge in [0, 0.05) is 36.3 Å². The second kappa shape index (κ2) is 11.5. The number of hydrogen-bond acceptors (Lipinski definition) is 5. The number of rotatable bonds is 10. The van der Waals surface area contributed by atoms with Crippen molar-refractivity contribution in [1.82, 2.24) is 4.90 Å². The highest BCUT2D eigenvalue weighted by Gasteiger charge is 2.76. The molecule has 3 saturated heterocycles. The van der Waals surface area contributed by atoms with Crippen molar-refractivity contribution in [3.63, 3.8) is 0 Å². The molecule has 3 fully saturated rings. The third-order valence-corrected chi connectivity index (χ3v) is 11.1. The minimum atomic E-state index is -0.807. The van der Waals surface area contributed by atoms with E-state index < -0.39 is 22.6 Å². The zero-order chi connectivity index (χ0) is 29.5. The third kappa shape index (κ3) is 4.52. The number of hydrogen-bond donors (Lipinski definition) is 1. The molecule has 0 radical (unpaired) electrons. The summed E-state index contributed by atoms with van der Waals surface area (Å²) in [4.78, 5) is 48.4. The molecule has 0 aliphatic carbocycles. The van der Waals surface area contributed by atoms with Crippen molar-refractivity contribution < 1.29 is 19.5 Å². The summed E-state index contributed by atoms with van der Waals surface area (Å²) in [6.45, 7) is 14.2. The van der Waals surface area contributed by atoms with Gasteiger partial charge in [-0.1, -0.05) is 55.5 Å². The fourth-order valence-electron chi connectivity index (χ4n) is 7.47. The number of carbonyl (C=O) groups is 3. The smallest absolute Gasteiger partial charge is 0.251 e. The second-order valence-electron chi connectivity index (χ2n) is 11.4. The van der Waals surface area contributed by atoms with Gasteiger partial charge in [0.15, 0.2) is 0 Å². The first-order valence-corrected chi connectivity index (χ1v) is 15.2. The van der Waals surface area contributed by atoms with Crippen LogP contribution in [0.2, 0.25) is 0 Å². The van der Waals surface area contributed by atoms with Crippen molar-refractivity contribution in [2.45, 2.75) is 43.2 Å². The number of para-hydroxylation sites is 2. The van der Waals surface area contributed by atoms with Gasteiger partial charge in [0.2, 0.25) is 11.8 Å². The minimum Gasteiger partial charge on any atom is -0.395 e. The molecule has 3 aliphatic rings. The summed E-state index contributed by atoms with van der Waals surface area (Å²) >= 11 is 1.64. The van der Waals surface area contributed by atoms with E-state index in [1.54, 1.807) is 38.6 Å². The number of aliphatic hydroxyl groups excluding tert-OH is 1. The van der Waals surface area contributed by atoms with Crippen LogP contribution in [-0.4, -0.2) is 70.0 Å². The quantitative estimate of drug-likeness (QED) is 0.427. The van der Waals surface area contributed by atoms with Crippen LogP contribution >= 0.6 is 11.8 Å². The molecule has 2 bridgehead atoms. The maximum absolute atomic E-state index is 14.8.